The first kappa shape index (κ1) is 23.2. The lowest BCUT2D eigenvalue weighted by Crippen LogP contribution is -2.14. The predicted molar refractivity (Wildman–Crippen MR) is 123 cm³/mol. The van der Waals surface area contributed by atoms with Crippen LogP contribution in [0.1, 0.15) is 23.6 Å². The summed E-state index contributed by atoms with van der Waals surface area (Å²) in [5.74, 6) is -1.10. The second kappa shape index (κ2) is 10.7. The number of rotatable bonds is 7. The predicted octanol–water partition coefficient (Wildman–Crippen LogP) is 6.26. The van der Waals surface area contributed by atoms with Crippen LogP contribution in [0, 0.1) is 23.0 Å². The minimum Gasteiger partial charge on any atom is -0.494 e. The summed E-state index contributed by atoms with van der Waals surface area (Å²) in [5.41, 5.74) is 1.92. The molecular formula is C25H19BrF2N2O2. The second-order valence-electron chi connectivity index (χ2n) is 6.82. The third-order valence-electron chi connectivity index (χ3n) is 4.54. The number of benzene rings is 3. The first-order chi connectivity index (χ1) is 15.4. The lowest BCUT2D eigenvalue weighted by atomic mass is 10.0. The summed E-state index contributed by atoms with van der Waals surface area (Å²) in [6.07, 6.45) is 1.83. The summed E-state index contributed by atoms with van der Waals surface area (Å²) in [6, 6.07) is 17.3. The summed E-state index contributed by atoms with van der Waals surface area (Å²) in [4.78, 5) is 12.5. The van der Waals surface area contributed by atoms with Gasteiger partial charge in [0.15, 0.2) is 0 Å². The minimum absolute atomic E-state index is 0.0136. The molecule has 0 aliphatic carbocycles. The molecule has 0 atom stereocenters. The Morgan fingerprint density at radius 2 is 1.94 bits per heavy atom. The van der Waals surface area contributed by atoms with Gasteiger partial charge in [-0.15, -0.1) is 0 Å². The van der Waals surface area contributed by atoms with E-state index in [0.29, 0.717) is 28.8 Å². The first-order valence-electron chi connectivity index (χ1n) is 9.78. The van der Waals surface area contributed by atoms with Crippen molar-refractivity contribution in [3.8, 4) is 11.8 Å². The van der Waals surface area contributed by atoms with Crippen molar-refractivity contribution in [1.82, 2.24) is 0 Å². The van der Waals surface area contributed by atoms with Crippen LogP contribution in [0.3, 0.4) is 0 Å². The molecule has 3 aromatic carbocycles. The normalized spacial score (nSPS) is 11.0. The summed E-state index contributed by atoms with van der Waals surface area (Å²) in [5, 5.41) is 11.9. The summed E-state index contributed by atoms with van der Waals surface area (Å²) < 4.78 is 33.8. The number of halogens is 3. The molecule has 0 aliphatic rings. The van der Waals surface area contributed by atoms with Gasteiger partial charge in [-0.25, -0.2) is 8.78 Å². The molecule has 1 amide bonds. The number of ether oxygens (including phenoxy) is 1. The largest absolute Gasteiger partial charge is 0.494 e. The maximum absolute atomic E-state index is 13.8. The van der Waals surface area contributed by atoms with Crippen LogP contribution in [0.5, 0.6) is 5.75 Å². The van der Waals surface area contributed by atoms with Gasteiger partial charge in [-0.05, 0) is 60.5 Å². The Labute approximate surface area is 193 Å². The summed E-state index contributed by atoms with van der Waals surface area (Å²) >= 11 is 3.52. The average molecular weight is 497 g/mol. The molecule has 0 heterocycles. The van der Waals surface area contributed by atoms with E-state index in [2.05, 4.69) is 21.2 Å². The van der Waals surface area contributed by atoms with Crippen LogP contribution < -0.4 is 10.1 Å². The number of nitrogens with zero attached hydrogens (tertiary/aromatic N) is 1. The van der Waals surface area contributed by atoms with Gasteiger partial charge >= 0.3 is 0 Å². The van der Waals surface area contributed by atoms with E-state index in [9.17, 15) is 18.8 Å². The molecule has 0 aliphatic heterocycles. The van der Waals surface area contributed by atoms with E-state index in [1.807, 2.05) is 19.1 Å². The maximum atomic E-state index is 13.8. The number of nitriles is 1. The zero-order valence-electron chi connectivity index (χ0n) is 17.2. The zero-order chi connectivity index (χ0) is 23.1. The lowest BCUT2D eigenvalue weighted by Gasteiger charge is -2.14. The van der Waals surface area contributed by atoms with Gasteiger partial charge in [0.2, 0.25) is 0 Å². The standard InChI is InChI=1S/C25H19BrF2N2O2/c1-2-32-24-14-17(13-21(26)20(24)12-16-6-5-7-19(27)11-16)10-18(15-29)25(31)30-23-9-4-3-8-22(23)28/h3-11,13-14H,2,12H2,1H3,(H,30,31)/b18-10+. The van der Waals surface area contributed by atoms with E-state index < -0.39 is 11.7 Å². The van der Waals surface area contributed by atoms with Gasteiger partial charge in [-0.2, -0.15) is 5.26 Å². The molecule has 162 valence electrons. The molecule has 3 aromatic rings. The molecule has 3 rings (SSSR count). The second-order valence-corrected chi connectivity index (χ2v) is 7.68. The zero-order valence-corrected chi connectivity index (χ0v) is 18.7. The molecule has 0 radical (unpaired) electrons. The Balaban J connectivity index is 1.92. The van der Waals surface area contributed by atoms with Gasteiger partial charge in [0.25, 0.3) is 5.91 Å². The highest BCUT2D eigenvalue weighted by atomic mass is 79.9. The quantitative estimate of drug-likeness (QED) is 0.310. The Kier molecular flexibility index (Phi) is 7.74. The van der Waals surface area contributed by atoms with Gasteiger partial charge < -0.3 is 10.1 Å². The van der Waals surface area contributed by atoms with Crippen LogP contribution in [0.2, 0.25) is 0 Å². The van der Waals surface area contributed by atoms with Gasteiger partial charge in [0.05, 0.1) is 12.3 Å². The molecule has 0 bridgehead atoms. The van der Waals surface area contributed by atoms with Gasteiger partial charge in [0, 0.05) is 16.5 Å². The fourth-order valence-corrected chi connectivity index (χ4v) is 3.69. The van der Waals surface area contributed by atoms with E-state index in [1.165, 1.54) is 36.4 Å². The smallest absolute Gasteiger partial charge is 0.266 e. The number of amides is 1. The van der Waals surface area contributed by atoms with Crippen LogP contribution in [0.4, 0.5) is 14.5 Å². The molecule has 1 N–H and O–H groups in total. The van der Waals surface area contributed by atoms with Crippen molar-refractivity contribution in [1.29, 1.82) is 5.26 Å². The number of carbonyl (C=O) groups is 1. The Morgan fingerprint density at radius 3 is 2.62 bits per heavy atom. The number of carbonyl (C=O) groups excluding carboxylic acids is 1. The van der Waals surface area contributed by atoms with Gasteiger partial charge in [0.1, 0.15) is 29.0 Å². The minimum atomic E-state index is -0.726. The van der Waals surface area contributed by atoms with E-state index in [4.69, 9.17) is 4.74 Å². The fraction of sp³-hybridized carbons (Fsp3) is 0.120. The highest BCUT2D eigenvalue weighted by Crippen LogP contribution is 2.32. The monoisotopic (exact) mass is 496 g/mol. The Bertz CT molecular complexity index is 1220. The molecule has 0 saturated carbocycles. The van der Waals surface area contributed by atoms with Crippen molar-refractivity contribution in [2.24, 2.45) is 0 Å². The Morgan fingerprint density at radius 1 is 1.16 bits per heavy atom. The molecule has 7 heteroatoms. The van der Waals surface area contributed by atoms with Crippen molar-refractivity contribution >= 4 is 33.6 Å². The lowest BCUT2D eigenvalue weighted by molar-refractivity contribution is -0.112. The molecule has 32 heavy (non-hydrogen) atoms. The number of hydrogen-bond acceptors (Lipinski definition) is 3. The van der Waals surface area contributed by atoms with Crippen molar-refractivity contribution in [3.63, 3.8) is 0 Å². The molecule has 0 unspecified atom stereocenters. The van der Waals surface area contributed by atoms with E-state index >= 15 is 0 Å². The van der Waals surface area contributed by atoms with Crippen molar-refractivity contribution in [2.45, 2.75) is 13.3 Å². The van der Waals surface area contributed by atoms with E-state index in [-0.39, 0.29) is 17.1 Å². The van der Waals surface area contributed by atoms with E-state index in [0.717, 1.165) is 11.1 Å². The fourth-order valence-electron chi connectivity index (χ4n) is 3.09. The number of nitrogens with one attached hydrogen (secondary N) is 1. The van der Waals surface area contributed by atoms with Crippen LogP contribution in [-0.4, -0.2) is 12.5 Å². The first-order valence-corrected chi connectivity index (χ1v) is 10.6. The van der Waals surface area contributed by atoms with Crippen molar-refractivity contribution in [2.75, 3.05) is 11.9 Å². The van der Waals surface area contributed by atoms with Gasteiger partial charge in [-0.3, -0.25) is 4.79 Å². The highest BCUT2D eigenvalue weighted by Gasteiger charge is 2.15. The molecule has 0 spiro atoms. The third-order valence-corrected chi connectivity index (χ3v) is 5.25. The molecule has 4 nitrogen and oxygen atoms in total. The van der Waals surface area contributed by atoms with Gasteiger partial charge in [-0.1, -0.05) is 40.2 Å². The third kappa shape index (κ3) is 5.80. The maximum Gasteiger partial charge on any atom is 0.266 e. The van der Waals surface area contributed by atoms with Crippen molar-refractivity contribution in [3.05, 3.63) is 99.0 Å². The van der Waals surface area contributed by atoms with E-state index in [1.54, 1.807) is 24.3 Å². The summed E-state index contributed by atoms with van der Waals surface area (Å²) in [7, 11) is 0. The van der Waals surface area contributed by atoms with Crippen molar-refractivity contribution < 1.29 is 18.3 Å². The van der Waals surface area contributed by atoms with Crippen LogP contribution in [-0.2, 0) is 11.2 Å². The highest BCUT2D eigenvalue weighted by molar-refractivity contribution is 9.10. The Hall–Kier alpha value is -3.50. The molecule has 0 aromatic heterocycles. The number of hydrogen-bond donors (Lipinski definition) is 1. The molecular weight excluding hydrogens is 478 g/mol. The molecule has 0 fully saturated rings. The van der Waals surface area contributed by atoms with Crippen LogP contribution >= 0.6 is 15.9 Å². The SMILES string of the molecule is CCOc1cc(/C=C(\C#N)C(=O)Nc2ccccc2F)cc(Br)c1Cc1cccc(F)c1. The topological polar surface area (TPSA) is 62.1 Å². The number of para-hydroxylation sites is 1. The number of anilines is 1. The summed E-state index contributed by atoms with van der Waals surface area (Å²) in [6.45, 7) is 2.24. The average Bonchev–Trinajstić information content (AvgIpc) is 2.76. The van der Waals surface area contributed by atoms with Crippen LogP contribution in [0.15, 0.2) is 70.7 Å². The van der Waals surface area contributed by atoms with Crippen LogP contribution in [0.25, 0.3) is 6.08 Å². The molecule has 0 saturated heterocycles.